The number of rotatable bonds is 4. The first-order valence-electron chi connectivity index (χ1n) is 9.65. The lowest BCUT2D eigenvalue weighted by molar-refractivity contribution is -0.125. The molecule has 0 fully saturated rings. The molecule has 31 heavy (non-hydrogen) atoms. The van der Waals surface area contributed by atoms with Crippen molar-refractivity contribution in [3.63, 3.8) is 0 Å². The second-order valence-corrected chi connectivity index (χ2v) is 7.73. The third-order valence-electron chi connectivity index (χ3n) is 4.95. The van der Waals surface area contributed by atoms with E-state index in [2.05, 4.69) is 21.0 Å². The summed E-state index contributed by atoms with van der Waals surface area (Å²) in [6, 6.07) is 13.2. The number of carbonyl (C=O) groups is 3. The highest BCUT2D eigenvalue weighted by atomic mass is 35.5. The Morgan fingerprint density at radius 2 is 1.81 bits per heavy atom. The molecule has 0 radical (unpaired) electrons. The van der Waals surface area contributed by atoms with Gasteiger partial charge >= 0.3 is 0 Å². The van der Waals surface area contributed by atoms with Crippen molar-refractivity contribution in [2.75, 3.05) is 16.0 Å². The van der Waals surface area contributed by atoms with E-state index >= 15 is 0 Å². The van der Waals surface area contributed by atoms with Gasteiger partial charge in [0.05, 0.1) is 12.1 Å². The molecule has 0 saturated heterocycles. The largest absolute Gasteiger partial charge is 0.326 e. The quantitative estimate of drug-likeness (QED) is 0.573. The van der Waals surface area contributed by atoms with Gasteiger partial charge in [-0.15, -0.1) is 0 Å². The molecule has 4 rings (SSSR count). The van der Waals surface area contributed by atoms with E-state index in [1.165, 1.54) is 6.92 Å². The fourth-order valence-corrected chi connectivity index (χ4v) is 3.71. The molecule has 0 saturated carbocycles. The van der Waals surface area contributed by atoms with Gasteiger partial charge in [0.15, 0.2) is 0 Å². The first-order chi connectivity index (χ1) is 14.8. The van der Waals surface area contributed by atoms with E-state index in [-0.39, 0.29) is 24.1 Å². The van der Waals surface area contributed by atoms with E-state index in [0.29, 0.717) is 27.9 Å². The Bertz CT molecular complexity index is 1190. The van der Waals surface area contributed by atoms with Gasteiger partial charge < -0.3 is 16.0 Å². The normalized spacial score (nSPS) is 15.1. The Balaban J connectivity index is 1.61. The second-order valence-electron chi connectivity index (χ2n) is 7.29. The maximum atomic E-state index is 13.0. The predicted octanol–water partition coefficient (Wildman–Crippen LogP) is 3.99. The van der Waals surface area contributed by atoms with Crippen molar-refractivity contribution in [1.82, 2.24) is 9.78 Å². The number of benzene rings is 2. The summed E-state index contributed by atoms with van der Waals surface area (Å²) in [7, 11) is 0. The van der Waals surface area contributed by atoms with Gasteiger partial charge in [-0.2, -0.15) is 5.10 Å². The van der Waals surface area contributed by atoms with Crippen molar-refractivity contribution in [3.8, 4) is 11.3 Å². The highest BCUT2D eigenvalue weighted by Crippen LogP contribution is 2.35. The van der Waals surface area contributed by atoms with Gasteiger partial charge in [0.2, 0.25) is 17.7 Å². The van der Waals surface area contributed by atoms with Crippen LogP contribution in [0.1, 0.15) is 24.9 Å². The Hall–Kier alpha value is -3.65. The van der Waals surface area contributed by atoms with Gasteiger partial charge in [-0.25, -0.2) is 4.68 Å². The highest BCUT2D eigenvalue weighted by molar-refractivity contribution is 6.30. The zero-order chi connectivity index (χ0) is 22.1. The summed E-state index contributed by atoms with van der Waals surface area (Å²) in [5, 5.41) is 13.5. The summed E-state index contributed by atoms with van der Waals surface area (Å²) in [6.45, 7) is 3.27. The first-order valence-corrected chi connectivity index (χ1v) is 10.0. The minimum atomic E-state index is -0.801. The number of anilines is 3. The lowest BCUT2D eigenvalue weighted by Crippen LogP contribution is -2.35. The number of fused-ring (bicyclic) bond motifs is 1. The molecule has 1 aliphatic rings. The molecular weight excluding hydrogens is 418 g/mol. The topological polar surface area (TPSA) is 105 Å². The van der Waals surface area contributed by atoms with Crippen LogP contribution in [0.3, 0.4) is 0 Å². The van der Waals surface area contributed by atoms with Crippen LogP contribution in [0.2, 0.25) is 5.02 Å². The van der Waals surface area contributed by atoms with E-state index in [1.807, 2.05) is 19.1 Å². The second kappa shape index (κ2) is 8.23. The average Bonchev–Trinajstić information content (AvgIpc) is 3.05. The fraction of sp³-hybridized carbons (Fsp3) is 0.182. The number of aromatic nitrogens is 2. The van der Waals surface area contributed by atoms with Crippen molar-refractivity contribution < 1.29 is 14.4 Å². The standard InChI is InChI=1S/C22H20ClN5O3/c1-12-20(14-4-3-5-15(23)10-14)27-28-18(11-19(30)26-21(12)28)22(31)25-17-8-6-16(7-9-17)24-13(2)29/h3-10,18H,11H2,1-2H3,(H,24,29)(H,25,31)(H,26,30)/t18-/m0/s1. The summed E-state index contributed by atoms with van der Waals surface area (Å²) in [5.74, 6) is -0.299. The Morgan fingerprint density at radius 1 is 1.13 bits per heavy atom. The molecule has 0 bridgehead atoms. The molecule has 1 aliphatic heterocycles. The van der Waals surface area contributed by atoms with Crippen LogP contribution in [0.25, 0.3) is 11.3 Å². The van der Waals surface area contributed by atoms with Crippen LogP contribution in [0.15, 0.2) is 48.5 Å². The Morgan fingerprint density at radius 3 is 2.45 bits per heavy atom. The maximum Gasteiger partial charge on any atom is 0.249 e. The van der Waals surface area contributed by atoms with Crippen LogP contribution in [-0.2, 0) is 14.4 Å². The molecule has 1 atom stereocenters. The third-order valence-corrected chi connectivity index (χ3v) is 5.19. The molecule has 0 spiro atoms. The van der Waals surface area contributed by atoms with Gasteiger partial charge in [0, 0.05) is 34.4 Å². The van der Waals surface area contributed by atoms with Gasteiger partial charge in [-0.1, -0.05) is 23.7 Å². The van der Waals surface area contributed by atoms with Crippen LogP contribution in [-0.4, -0.2) is 27.5 Å². The molecule has 3 amide bonds. The number of hydrogen-bond donors (Lipinski definition) is 3. The smallest absolute Gasteiger partial charge is 0.249 e. The molecule has 0 aliphatic carbocycles. The molecular formula is C22H20ClN5O3. The summed E-state index contributed by atoms with van der Waals surface area (Å²) < 4.78 is 1.55. The number of carbonyl (C=O) groups excluding carboxylic acids is 3. The number of nitrogens with one attached hydrogen (secondary N) is 3. The van der Waals surface area contributed by atoms with E-state index < -0.39 is 6.04 Å². The van der Waals surface area contributed by atoms with Crippen LogP contribution in [0.5, 0.6) is 0 Å². The SMILES string of the molecule is CC(=O)Nc1ccc(NC(=O)[C@@H]2CC(=O)Nc3c(C)c(-c4cccc(Cl)c4)nn32)cc1. The Labute approximate surface area is 183 Å². The number of hydrogen-bond acceptors (Lipinski definition) is 4. The van der Waals surface area contributed by atoms with Crippen molar-refractivity contribution in [3.05, 3.63) is 59.1 Å². The van der Waals surface area contributed by atoms with Gasteiger partial charge in [0.1, 0.15) is 11.9 Å². The zero-order valence-corrected chi connectivity index (χ0v) is 17.7. The van der Waals surface area contributed by atoms with Crippen LogP contribution < -0.4 is 16.0 Å². The molecule has 9 heteroatoms. The Kier molecular flexibility index (Phi) is 5.48. The van der Waals surface area contributed by atoms with E-state index in [0.717, 1.165) is 11.1 Å². The van der Waals surface area contributed by atoms with Crippen molar-refractivity contribution >= 4 is 46.5 Å². The molecule has 8 nitrogen and oxygen atoms in total. The molecule has 158 valence electrons. The van der Waals surface area contributed by atoms with Gasteiger partial charge in [-0.3, -0.25) is 14.4 Å². The molecule has 2 heterocycles. The third kappa shape index (κ3) is 4.29. The van der Waals surface area contributed by atoms with Crippen molar-refractivity contribution in [2.45, 2.75) is 26.3 Å². The lowest BCUT2D eigenvalue weighted by atomic mass is 10.1. The number of nitrogens with zero attached hydrogens (tertiary/aromatic N) is 2. The van der Waals surface area contributed by atoms with Crippen LogP contribution >= 0.6 is 11.6 Å². The highest BCUT2D eigenvalue weighted by Gasteiger charge is 2.34. The summed E-state index contributed by atoms with van der Waals surface area (Å²) in [5.41, 5.74) is 3.38. The number of amides is 3. The van der Waals surface area contributed by atoms with Crippen LogP contribution in [0.4, 0.5) is 17.2 Å². The van der Waals surface area contributed by atoms with E-state index in [1.54, 1.807) is 41.1 Å². The van der Waals surface area contributed by atoms with Crippen molar-refractivity contribution in [2.24, 2.45) is 0 Å². The molecule has 1 aromatic heterocycles. The van der Waals surface area contributed by atoms with E-state index in [9.17, 15) is 14.4 Å². The summed E-state index contributed by atoms with van der Waals surface area (Å²) in [4.78, 5) is 36.5. The minimum absolute atomic E-state index is 0.0289. The molecule has 3 aromatic rings. The monoisotopic (exact) mass is 437 g/mol. The van der Waals surface area contributed by atoms with Gasteiger partial charge in [0.25, 0.3) is 0 Å². The van der Waals surface area contributed by atoms with Crippen LogP contribution in [0, 0.1) is 6.92 Å². The maximum absolute atomic E-state index is 13.0. The van der Waals surface area contributed by atoms with E-state index in [4.69, 9.17) is 11.6 Å². The lowest BCUT2D eigenvalue weighted by Gasteiger charge is -2.24. The fourth-order valence-electron chi connectivity index (χ4n) is 3.52. The molecule has 0 unspecified atom stereocenters. The van der Waals surface area contributed by atoms with Gasteiger partial charge in [-0.05, 0) is 43.3 Å². The minimum Gasteiger partial charge on any atom is -0.326 e. The summed E-state index contributed by atoms with van der Waals surface area (Å²) >= 11 is 6.11. The summed E-state index contributed by atoms with van der Waals surface area (Å²) in [6.07, 6.45) is -0.0289. The molecule has 3 N–H and O–H groups in total. The van der Waals surface area contributed by atoms with Crippen molar-refractivity contribution in [1.29, 1.82) is 0 Å². The predicted molar refractivity (Wildman–Crippen MR) is 119 cm³/mol. The number of halogens is 1. The average molecular weight is 438 g/mol. The first kappa shape index (κ1) is 20.6. The zero-order valence-electron chi connectivity index (χ0n) is 16.9. The molecule has 2 aromatic carbocycles.